The van der Waals surface area contributed by atoms with E-state index in [-0.39, 0.29) is 17.7 Å². The van der Waals surface area contributed by atoms with E-state index in [9.17, 15) is 4.79 Å². The maximum absolute atomic E-state index is 12.4. The molecule has 6 nitrogen and oxygen atoms in total. The number of carbonyl (C=O) groups is 1. The molecule has 0 atom stereocenters. The molecular formula is C18H25N3O3S. The normalized spacial score (nSPS) is 16.7. The number of carbonyl (C=O) groups excluding carboxylic acids is 1. The second-order valence-corrected chi connectivity index (χ2v) is 7.45. The lowest BCUT2D eigenvalue weighted by atomic mass is 9.79. The molecule has 0 radical (unpaired) electrons. The summed E-state index contributed by atoms with van der Waals surface area (Å²) in [5, 5.41) is 10.4. The Hall–Kier alpha value is -1.70. The molecule has 25 heavy (non-hydrogen) atoms. The first-order valence-corrected chi connectivity index (χ1v) is 9.51. The summed E-state index contributed by atoms with van der Waals surface area (Å²) in [7, 11) is 1.72. The topological polar surface area (TPSA) is 76.4 Å². The zero-order valence-electron chi connectivity index (χ0n) is 14.8. The van der Waals surface area contributed by atoms with Crippen LogP contribution in [0.4, 0.5) is 0 Å². The molecule has 2 N–H and O–H groups in total. The third-order valence-electron chi connectivity index (χ3n) is 4.76. The predicted octanol–water partition coefficient (Wildman–Crippen LogP) is 2.39. The second-order valence-electron chi connectivity index (χ2n) is 6.67. The summed E-state index contributed by atoms with van der Waals surface area (Å²) in [5.74, 6) is 1.25. The van der Waals surface area contributed by atoms with Crippen molar-refractivity contribution >= 4 is 17.2 Å². The Morgan fingerprint density at radius 1 is 1.48 bits per heavy atom. The lowest BCUT2D eigenvalue weighted by molar-refractivity contribution is -0.121. The Bertz CT molecular complexity index is 685. The molecule has 3 rings (SSSR count). The monoisotopic (exact) mass is 363 g/mol. The molecule has 0 bridgehead atoms. The number of aromatic nitrogens is 1. The standard InChI is InChI=1S/C18H25N3O3S/c1-13-15(21-17(24-13)14-3-8-25-10-14)9-16(22)20-11-18(12-23-2)4-6-19-7-5-18/h3,8,10,19H,4-7,9,11-12H2,1-2H3,(H,20,22). The first-order valence-electron chi connectivity index (χ1n) is 8.57. The highest BCUT2D eigenvalue weighted by molar-refractivity contribution is 7.08. The highest BCUT2D eigenvalue weighted by atomic mass is 32.1. The van der Waals surface area contributed by atoms with E-state index < -0.39 is 0 Å². The van der Waals surface area contributed by atoms with E-state index in [0.29, 0.717) is 30.5 Å². The minimum Gasteiger partial charge on any atom is -0.441 e. The van der Waals surface area contributed by atoms with E-state index in [1.54, 1.807) is 18.4 Å². The third kappa shape index (κ3) is 4.48. The lowest BCUT2D eigenvalue weighted by Gasteiger charge is -2.37. The van der Waals surface area contributed by atoms with E-state index in [1.165, 1.54) is 0 Å². The van der Waals surface area contributed by atoms with Crippen molar-refractivity contribution in [2.45, 2.75) is 26.2 Å². The zero-order valence-corrected chi connectivity index (χ0v) is 15.6. The van der Waals surface area contributed by atoms with Gasteiger partial charge in [0.25, 0.3) is 0 Å². The van der Waals surface area contributed by atoms with Crippen LogP contribution in [-0.2, 0) is 16.0 Å². The van der Waals surface area contributed by atoms with Crippen molar-refractivity contribution in [2.75, 3.05) is 33.4 Å². The van der Waals surface area contributed by atoms with Gasteiger partial charge in [0.1, 0.15) is 5.76 Å². The maximum Gasteiger partial charge on any atom is 0.227 e. The van der Waals surface area contributed by atoms with E-state index in [1.807, 2.05) is 23.8 Å². The highest BCUT2D eigenvalue weighted by Gasteiger charge is 2.32. The number of nitrogens with one attached hydrogen (secondary N) is 2. The van der Waals surface area contributed by atoms with Crippen LogP contribution in [0.5, 0.6) is 0 Å². The summed E-state index contributed by atoms with van der Waals surface area (Å²) in [6, 6.07) is 1.96. The minimum atomic E-state index is -0.0257. The summed E-state index contributed by atoms with van der Waals surface area (Å²) in [6.07, 6.45) is 2.25. The van der Waals surface area contributed by atoms with Crippen LogP contribution in [0.2, 0.25) is 0 Å². The highest BCUT2D eigenvalue weighted by Crippen LogP contribution is 2.28. The molecule has 2 aromatic rings. The van der Waals surface area contributed by atoms with Crippen LogP contribution in [0, 0.1) is 12.3 Å². The van der Waals surface area contributed by atoms with E-state index in [0.717, 1.165) is 31.5 Å². The molecule has 0 aliphatic carbocycles. The summed E-state index contributed by atoms with van der Waals surface area (Å²) in [5.41, 5.74) is 1.68. The Kier molecular flexibility index (Phi) is 5.88. The molecular weight excluding hydrogens is 338 g/mol. The Morgan fingerprint density at radius 2 is 2.28 bits per heavy atom. The molecule has 1 amide bonds. The van der Waals surface area contributed by atoms with Gasteiger partial charge < -0.3 is 19.8 Å². The largest absolute Gasteiger partial charge is 0.441 e. The van der Waals surface area contributed by atoms with Crippen molar-refractivity contribution in [3.05, 3.63) is 28.3 Å². The first kappa shape index (κ1) is 18.1. The molecule has 3 heterocycles. The predicted molar refractivity (Wildman–Crippen MR) is 97.7 cm³/mol. The lowest BCUT2D eigenvalue weighted by Crippen LogP contribution is -2.47. The van der Waals surface area contributed by atoms with E-state index >= 15 is 0 Å². The number of thiophene rings is 1. The SMILES string of the molecule is COCC1(CNC(=O)Cc2nc(-c3ccsc3)oc2C)CCNCC1. The molecule has 136 valence electrons. The maximum atomic E-state index is 12.4. The van der Waals surface area contributed by atoms with Crippen molar-refractivity contribution in [2.24, 2.45) is 5.41 Å². The number of oxazole rings is 1. The number of piperidine rings is 1. The van der Waals surface area contributed by atoms with Gasteiger partial charge in [0.2, 0.25) is 11.8 Å². The molecule has 1 aliphatic rings. The number of hydrogen-bond acceptors (Lipinski definition) is 6. The number of rotatable bonds is 7. The molecule has 0 spiro atoms. The van der Waals surface area contributed by atoms with Crippen molar-refractivity contribution in [1.82, 2.24) is 15.6 Å². The number of hydrogen-bond donors (Lipinski definition) is 2. The van der Waals surface area contributed by atoms with E-state index in [2.05, 4.69) is 15.6 Å². The number of ether oxygens (including phenoxy) is 1. The van der Waals surface area contributed by atoms with Crippen LogP contribution in [0.1, 0.15) is 24.3 Å². The van der Waals surface area contributed by atoms with Gasteiger partial charge in [-0.05, 0) is 44.3 Å². The summed E-state index contributed by atoms with van der Waals surface area (Å²) in [4.78, 5) is 16.9. The number of nitrogens with zero attached hydrogens (tertiary/aromatic N) is 1. The van der Waals surface area contributed by atoms with Crippen molar-refractivity contribution in [3.63, 3.8) is 0 Å². The number of aryl methyl sites for hydroxylation is 1. The molecule has 2 aromatic heterocycles. The van der Waals surface area contributed by atoms with Crippen molar-refractivity contribution < 1.29 is 13.9 Å². The third-order valence-corrected chi connectivity index (χ3v) is 5.45. The van der Waals surface area contributed by atoms with E-state index in [4.69, 9.17) is 9.15 Å². The quantitative estimate of drug-likeness (QED) is 0.790. The fourth-order valence-corrected chi connectivity index (χ4v) is 3.87. The minimum absolute atomic E-state index is 0.0242. The van der Waals surface area contributed by atoms with Gasteiger partial charge in [0.05, 0.1) is 18.7 Å². The molecule has 0 unspecified atom stereocenters. The molecule has 1 saturated heterocycles. The Morgan fingerprint density at radius 3 is 2.96 bits per heavy atom. The van der Waals surface area contributed by atoms with Gasteiger partial charge in [-0.15, -0.1) is 0 Å². The van der Waals surface area contributed by atoms with Gasteiger partial charge in [-0.25, -0.2) is 4.98 Å². The summed E-state index contributed by atoms with van der Waals surface area (Å²) >= 11 is 1.60. The van der Waals surface area contributed by atoms with Gasteiger partial charge in [-0.3, -0.25) is 4.79 Å². The van der Waals surface area contributed by atoms with Crippen LogP contribution in [-0.4, -0.2) is 44.2 Å². The fraction of sp³-hybridized carbons (Fsp3) is 0.556. The zero-order chi connectivity index (χ0) is 17.7. The van der Waals surface area contributed by atoms with Gasteiger partial charge in [0, 0.05) is 30.0 Å². The fourth-order valence-electron chi connectivity index (χ4n) is 3.24. The number of methoxy groups -OCH3 is 1. The molecule has 1 fully saturated rings. The Balaban J connectivity index is 1.59. The average molecular weight is 363 g/mol. The second kappa shape index (κ2) is 8.12. The van der Waals surface area contributed by atoms with Crippen LogP contribution in [0.15, 0.2) is 21.2 Å². The van der Waals surface area contributed by atoms with Gasteiger partial charge >= 0.3 is 0 Å². The summed E-state index contributed by atoms with van der Waals surface area (Å²) in [6.45, 7) is 5.08. The number of amides is 1. The van der Waals surface area contributed by atoms with Gasteiger partial charge in [0.15, 0.2) is 0 Å². The smallest absolute Gasteiger partial charge is 0.227 e. The molecule has 1 aliphatic heterocycles. The molecule has 0 aromatic carbocycles. The van der Waals surface area contributed by atoms with Crippen LogP contribution < -0.4 is 10.6 Å². The van der Waals surface area contributed by atoms with Crippen LogP contribution in [0.25, 0.3) is 11.5 Å². The average Bonchev–Trinajstić information content (AvgIpc) is 3.25. The summed E-state index contributed by atoms with van der Waals surface area (Å²) < 4.78 is 11.1. The van der Waals surface area contributed by atoms with Crippen molar-refractivity contribution in [1.29, 1.82) is 0 Å². The van der Waals surface area contributed by atoms with Crippen LogP contribution in [0.3, 0.4) is 0 Å². The van der Waals surface area contributed by atoms with Crippen LogP contribution >= 0.6 is 11.3 Å². The molecule has 0 saturated carbocycles. The molecule has 7 heteroatoms. The van der Waals surface area contributed by atoms with Crippen molar-refractivity contribution in [3.8, 4) is 11.5 Å². The van der Waals surface area contributed by atoms with Gasteiger partial charge in [-0.2, -0.15) is 11.3 Å². The first-order chi connectivity index (χ1) is 12.1. The Labute approximate surface area is 152 Å². The van der Waals surface area contributed by atoms with Gasteiger partial charge in [-0.1, -0.05) is 0 Å².